The van der Waals surface area contributed by atoms with Crippen molar-refractivity contribution in [2.24, 2.45) is 0 Å². The Bertz CT molecular complexity index is 4610. The second kappa shape index (κ2) is 42.3. The van der Waals surface area contributed by atoms with Crippen LogP contribution in [-0.2, 0) is 10.8 Å². The van der Waals surface area contributed by atoms with Crippen LogP contribution < -0.4 is 14.2 Å². The van der Waals surface area contributed by atoms with Gasteiger partial charge in [-0.05, 0) is 225 Å². The summed E-state index contributed by atoms with van der Waals surface area (Å²) in [6.07, 6.45) is 19.5. The molecule has 0 bridgehead atoms. The molecule has 5 nitrogen and oxygen atoms in total. The van der Waals surface area contributed by atoms with E-state index in [1.807, 2.05) is 54.6 Å². The van der Waals surface area contributed by atoms with Crippen LogP contribution in [0.4, 0.5) is 0 Å². The molecule has 560 valence electrons. The lowest BCUT2D eigenvalue weighted by Crippen LogP contribution is -2.27. The van der Waals surface area contributed by atoms with Crippen molar-refractivity contribution < 1.29 is 23.8 Å². The second-order valence-corrected chi connectivity index (χ2v) is 30.8. The summed E-state index contributed by atoms with van der Waals surface area (Å²) in [7, 11) is 0. The number of alkyl halides is 1. The predicted molar refractivity (Wildman–Crippen MR) is 474 cm³/mol. The van der Waals surface area contributed by atoms with E-state index in [4.69, 9.17) is 14.2 Å². The van der Waals surface area contributed by atoms with E-state index >= 15 is 0 Å². The molecular formula is C100H102Br4O5. The van der Waals surface area contributed by atoms with Gasteiger partial charge in [-0.25, -0.2) is 0 Å². The van der Waals surface area contributed by atoms with Crippen LogP contribution in [0.2, 0.25) is 0 Å². The van der Waals surface area contributed by atoms with E-state index in [-0.39, 0.29) is 33.1 Å². The Morgan fingerprint density at radius 1 is 0.321 bits per heavy atom. The minimum Gasteiger partial charge on any atom is -0.494 e. The maximum Gasteiger partial charge on any atom is 0.150 e. The van der Waals surface area contributed by atoms with Crippen molar-refractivity contribution in [3.8, 4) is 50.6 Å². The Kier molecular flexibility index (Phi) is 32.6. The topological polar surface area (TPSA) is 61.8 Å². The summed E-state index contributed by atoms with van der Waals surface area (Å²) in [6.45, 7) is 6.01. The molecule has 3 aliphatic rings. The lowest BCUT2D eigenvalue weighted by atomic mass is 9.69. The fourth-order valence-electron chi connectivity index (χ4n) is 15.6. The van der Waals surface area contributed by atoms with Gasteiger partial charge >= 0.3 is 0 Å². The van der Waals surface area contributed by atoms with Crippen molar-refractivity contribution in [1.82, 2.24) is 0 Å². The van der Waals surface area contributed by atoms with Crippen molar-refractivity contribution in [2.75, 3.05) is 25.2 Å². The first-order chi connectivity index (χ1) is 52.1. The Balaban J connectivity index is 0.000000174. The minimum atomic E-state index is -0.131. The van der Waals surface area contributed by atoms with Crippen LogP contribution in [0.1, 0.15) is 194 Å². The first-order valence-corrected chi connectivity index (χ1v) is 40.8. The van der Waals surface area contributed by atoms with Gasteiger partial charge in [-0.3, -0.25) is 9.59 Å². The quantitative estimate of drug-likeness (QED) is 0.0266. The molecule has 15 rings (SSSR count). The van der Waals surface area contributed by atoms with Gasteiger partial charge in [0.1, 0.15) is 29.8 Å². The van der Waals surface area contributed by atoms with E-state index in [2.05, 4.69) is 289 Å². The van der Waals surface area contributed by atoms with Crippen LogP contribution in [0.5, 0.6) is 17.2 Å². The lowest BCUT2D eigenvalue weighted by molar-refractivity contribution is 0.111. The molecule has 0 amide bonds. The molecule has 0 aliphatic heterocycles. The third-order valence-corrected chi connectivity index (χ3v) is 22.7. The first kappa shape index (κ1) is 84.1. The van der Waals surface area contributed by atoms with Gasteiger partial charge in [0.2, 0.25) is 0 Å². The molecule has 3 aliphatic carbocycles. The van der Waals surface area contributed by atoms with E-state index in [1.54, 1.807) is 24.3 Å². The number of hydrogen-bond acceptors (Lipinski definition) is 5. The smallest absolute Gasteiger partial charge is 0.150 e. The highest BCUT2D eigenvalue weighted by molar-refractivity contribution is 9.11. The molecule has 3 atom stereocenters. The monoisotopic (exact) mass is 1700 g/mol. The summed E-state index contributed by atoms with van der Waals surface area (Å²) in [4.78, 5) is 21.2. The standard InChI is InChI=1S/C33H31BrO.C32H29BrO2.C19H13Br.C13H17BrO2.3CH4/c1-2-25-16-19-28(20-17-25)35-23-11-4-3-10-22-33(26-12-6-5-7-13-26)31-15-9-8-14-29(31)30-21-18-27(34)24-32(30)33;33-26-16-19-29-28-12-6-7-13-30(28)32(31(29)22-26,25-10-4-3-5-11-25)20-8-1-2-9-21-35-27-17-14-24(23-34)15-18-27;20-14-10-11-16-15-8-4-5-9-17(15)19(18(16)12-14)13-6-2-1-3-7-13;14-9-3-1-2-4-10-16-13-7-5-12(11-15)6-8-13;;;/h2,5-9,12-21,24H,1,3-4,10-11,22-23H2;3-7,10-19,22-23H,1-2,8-9,20-21H2;1-12,19H;5-8,11H,1-4,9-10H2;3*1H4. The highest BCUT2D eigenvalue weighted by atomic mass is 79.9. The number of ether oxygens (including phenoxy) is 3. The minimum absolute atomic E-state index is 0. The van der Waals surface area contributed by atoms with Crippen LogP contribution in [0.3, 0.4) is 0 Å². The summed E-state index contributed by atoms with van der Waals surface area (Å²) in [5, 5.41) is 1.08. The van der Waals surface area contributed by atoms with Gasteiger partial charge in [0, 0.05) is 46.6 Å². The number of aldehydes is 2. The number of carbonyl (C=O) groups excluding carboxylic acids is 2. The summed E-state index contributed by atoms with van der Waals surface area (Å²) in [5.41, 5.74) is 23.0. The molecular weight excluding hydrogens is 1600 g/mol. The fraction of sp³-hybridized carbons (Fsp3) is 0.240. The Morgan fingerprint density at radius 2 is 0.661 bits per heavy atom. The van der Waals surface area contributed by atoms with Crippen molar-refractivity contribution in [1.29, 1.82) is 0 Å². The van der Waals surface area contributed by atoms with Gasteiger partial charge in [-0.1, -0.05) is 344 Å². The average Bonchev–Trinajstić information content (AvgIpc) is 1.57. The zero-order valence-electron chi connectivity index (χ0n) is 60.0. The maximum absolute atomic E-state index is 10.8. The van der Waals surface area contributed by atoms with Crippen molar-refractivity contribution >= 4 is 82.4 Å². The molecule has 0 spiro atoms. The molecule has 3 unspecified atom stereocenters. The fourth-order valence-corrected chi connectivity index (χ4v) is 17.1. The van der Waals surface area contributed by atoms with Crippen LogP contribution in [0, 0.1) is 0 Å². The number of benzene rings is 12. The van der Waals surface area contributed by atoms with Crippen LogP contribution in [0.15, 0.2) is 311 Å². The average molecular weight is 1700 g/mol. The number of hydrogen-bond donors (Lipinski definition) is 0. The van der Waals surface area contributed by atoms with Gasteiger partial charge in [-0.2, -0.15) is 0 Å². The summed E-state index contributed by atoms with van der Waals surface area (Å²) in [5.74, 6) is 2.94. The van der Waals surface area contributed by atoms with Gasteiger partial charge in [0.25, 0.3) is 0 Å². The molecule has 0 aromatic heterocycles. The zero-order valence-corrected chi connectivity index (χ0v) is 66.4. The Labute approximate surface area is 683 Å². The highest BCUT2D eigenvalue weighted by Crippen LogP contribution is 2.57. The first-order valence-electron chi connectivity index (χ1n) is 37.3. The molecule has 109 heavy (non-hydrogen) atoms. The SMILES string of the molecule is Brc1ccc2c(c1)C(c1ccccc1)c1ccccc1-2.C.C.C.C=Cc1ccc(OCCCCCCC2(c3ccccc3)c3ccccc3-c3ccc(Br)cc32)cc1.O=Cc1ccc(OCCCCCCBr)cc1.O=Cc1ccc(OCCCCCCC2(c3ccccc3)c3ccccc3-c3ccc(Br)cc32)cc1. The van der Waals surface area contributed by atoms with Crippen molar-refractivity contribution in [3.05, 3.63) is 378 Å². The van der Waals surface area contributed by atoms with E-state index in [9.17, 15) is 9.59 Å². The molecule has 0 saturated heterocycles. The largest absolute Gasteiger partial charge is 0.494 e. The highest BCUT2D eigenvalue weighted by Gasteiger charge is 2.45. The molecule has 12 aromatic carbocycles. The van der Waals surface area contributed by atoms with Crippen LogP contribution in [0.25, 0.3) is 39.5 Å². The predicted octanol–water partition coefficient (Wildman–Crippen LogP) is 29.4. The Hall–Kier alpha value is -8.96. The van der Waals surface area contributed by atoms with Gasteiger partial charge < -0.3 is 14.2 Å². The summed E-state index contributed by atoms with van der Waals surface area (Å²) in [6, 6.07) is 102. The molecule has 9 heteroatoms. The van der Waals surface area contributed by atoms with Gasteiger partial charge in [0.05, 0.1) is 19.8 Å². The number of carbonyl (C=O) groups is 2. The van der Waals surface area contributed by atoms with E-state index in [1.165, 1.54) is 122 Å². The van der Waals surface area contributed by atoms with Crippen LogP contribution >= 0.6 is 63.7 Å². The van der Waals surface area contributed by atoms with Crippen molar-refractivity contribution in [3.63, 3.8) is 0 Å². The molecule has 0 saturated carbocycles. The zero-order chi connectivity index (χ0) is 73.3. The van der Waals surface area contributed by atoms with E-state index in [0.717, 1.165) is 119 Å². The third-order valence-electron chi connectivity index (χ3n) is 20.7. The van der Waals surface area contributed by atoms with E-state index < -0.39 is 0 Å². The third kappa shape index (κ3) is 20.5. The molecule has 0 N–H and O–H groups in total. The number of rotatable bonds is 29. The lowest BCUT2D eigenvalue weighted by Gasteiger charge is -2.33. The van der Waals surface area contributed by atoms with Crippen molar-refractivity contribution in [2.45, 2.75) is 129 Å². The van der Waals surface area contributed by atoms with Crippen LogP contribution in [-0.4, -0.2) is 37.7 Å². The molecule has 0 radical (unpaired) electrons. The molecule has 0 heterocycles. The van der Waals surface area contributed by atoms with Gasteiger partial charge in [0.15, 0.2) is 0 Å². The maximum atomic E-state index is 10.8. The summed E-state index contributed by atoms with van der Waals surface area (Å²) < 4.78 is 20.8. The number of unbranched alkanes of at least 4 members (excludes halogenated alkanes) is 9. The molecule has 12 aromatic rings. The normalized spacial score (nSPS) is 14.6. The second-order valence-electron chi connectivity index (χ2n) is 27.3. The number of fused-ring (bicyclic) bond motifs is 9. The Morgan fingerprint density at radius 3 is 1.08 bits per heavy atom. The number of halogens is 4. The van der Waals surface area contributed by atoms with Gasteiger partial charge in [-0.15, -0.1) is 0 Å². The molecule has 0 fully saturated rings. The van der Waals surface area contributed by atoms with E-state index in [0.29, 0.717) is 23.7 Å². The summed E-state index contributed by atoms with van der Waals surface area (Å²) >= 11 is 14.5.